The van der Waals surface area contributed by atoms with Crippen LogP contribution < -0.4 is 5.73 Å². The molecule has 0 aromatic rings. The van der Waals surface area contributed by atoms with Crippen LogP contribution >= 0.6 is 11.8 Å². The lowest BCUT2D eigenvalue weighted by molar-refractivity contribution is 0.216. The third kappa shape index (κ3) is 8.92. The Morgan fingerprint density at radius 3 is 2.35 bits per heavy atom. The maximum Gasteiger partial charge on any atom is 0.0180 e. The highest BCUT2D eigenvalue weighted by Gasteiger charge is 2.14. The normalized spacial score (nSPS) is 17.1. The molecule has 3 heteroatoms. The second kappa shape index (κ2) is 10.2. The van der Waals surface area contributed by atoms with Crippen LogP contribution in [0.2, 0.25) is 0 Å². The van der Waals surface area contributed by atoms with Crippen LogP contribution in [0.25, 0.3) is 0 Å². The van der Waals surface area contributed by atoms with Crippen molar-refractivity contribution in [1.29, 1.82) is 0 Å². The zero-order chi connectivity index (χ0) is 13.3. The first kappa shape index (κ1) is 17.3. The number of rotatable bonds is 10. The molecule has 17 heavy (non-hydrogen) atoms. The van der Waals surface area contributed by atoms with Crippen molar-refractivity contribution in [2.45, 2.75) is 58.5 Å². The van der Waals surface area contributed by atoms with Gasteiger partial charge in [0.15, 0.2) is 0 Å². The van der Waals surface area contributed by atoms with Crippen molar-refractivity contribution in [3.05, 3.63) is 0 Å². The molecule has 0 saturated heterocycles. The number of hydrogen-bond donors (Lipinski definition) is 1. The molecule has 0 bridgehead atoms. The Hall–Kier alpha value is 0.270. The smallest absolute Gasteiger partial charge is 0.0180 e. The van der Waals surface area contributed by atoms with E-state index in [0.717, 1.165) is 18.4 Å². The van der Waals surface area contributed by atoms with Crippen molar-refractivity contribution in [3.8, 4) is 0 Å². The molecule has 0 fully saturated rings. The van der Waals surface area contributed by atoms with Gasteiger partial charge in [-0.2, -0.15) is 11.8 Å². The van der Waals surface area contributed by atoms with Gasteiger partial charge in [0.05, 0.1) is 0 Å². The van der Waals surface area contributed by atoms with Crippen LogP contribution in [0.5, 0.6) is 0 Å². The van der Waals surface area contributed by atoms with Crippen LogP contribution in [0.3, 0.4) is 0 Å². The van der Waals surface area contributed by atoms with E-state index >= 15 is 0 Å². The summed E-state index contributed by atoms with van der Waals surface area (Å²) in [5.41, 5.74) is 5.78. The molecule has 2 N–H and O–H groups in total. The van der Waals surface area contributed by atoms with Gasteiger partial charge in [-0.1, -0.05) is 20.3 Å². The maximum absolute atomic E-state index is 5.78. The van der Waals surface area contributed by atoms with Gasteiger partial charge < -0.3 is 10.6 Å². The van der Waals surface area contributed by atoms with Crippen molar-refractivity contribution in [3.63, 3.8) is 0 Å². The minimum Gasteiger partial charge on any atom is -0.328 e. The van der Waals surface area contributed by atoms with E-state index in [-0.39, 0.29) is 0 Å². The molecular weight excluding hydrogens is 228 g/mol. The first-order chi connectivity index (χ1) is 8.01. The standard InChI is InChI=1S/C14H32N2S/c1-6-14(11-17-5)16(4)10-12(2)8-7-9-13(3)15/h12-14H,6-11,15H2,1-5H3. The van der Waals surface area contributed by atoms with Crippen LogP contribution in [-0.2, 0) is 0 Å². The highest BCUT2D eigenvalue weighted by Crippen LogP contribution is 2.14. The van der Waals surface area contributed by atoms with Crippen LogP contribution in [-0.4, -0.2) is 42.6 Å². The van der Waals surface area contributed by atoms with E-state index in [4.69, 9.17) is 5.73 Å². The molecule has 0 rings (SSSR count). The molecule has 0 saturated carbocycles. The Balaban J connectivity index is 3.80. The summed E-state index contributed by atoms with van der Waals surface area (Å²) in [5.74, 6) is 2.04. The summed E-state index contributed by atoms with van der Waals surface area (Å²) in [6.07, 6.45) is 7.19. The Kier molecular flexibility index (Phi) is 10.4. The first-order valence-electron chi connectivity index (χ1n) is 6.95. The highest BCUT2D eigenvalue weighted by molar-refractivity contribution is 7.98. The first-order valence-corrected chi connectivity index (χ1v) is 8.35. The van der Waals surface area contributed by atoms with E-state index < -0.39 is 0 Å². The number of thioether (sulfide) groups is 1. The third-order valence-electron chi connectivity index (χ3n) is 3.41. The molecule has 0 spiro atoms. The maximum atomic E-state index is 5.78. The lowest BCUT2D eigenvalue weighted by atomic mass is 10.0. The van der Waals surface area contributed by atoms with Crippen LogP contribution in [0.1, 0.15) is 46.5 Å². The summed E-state index contributed by atoms with van der Waals surface area (Å²) >= 11 is 1.95. The van der Waals surface area contributed by atoms with Gasteiger partial charge in [-0.25, -0.2) is 0 Å². The van der Waals surface area contributed by atoms with E-state index in [1.807, 2.05) is 11.8 Å². The monoisotopic (exact) mass is 260 g/mol. The van der Waals surface area contributed by atoms with Crippen LogP contribution in [0.15, 0.2) is 0 Å². The van der Waals surface area contributed by atoms with E-state index in [9.17, 15) is 0 Å². The fraction of sp³-hybridized carbons (Fsp3) is 1.00. The van der Waals surface area contributed by atoms with E-state index in [1.54, 1.807) is 0 Å². The second-order valence-electron chi connectivity index (χ2n) is 5.47. The Morgan fingerprint density at radius 1 is 1.24 bits per heavy atom. The average molecular weight is 260 g/mol. The van der Waals surface area contributed by atoms with Crippen molar-refractivity contribution in [2.24, 2.45) is 11.7 Å². The van der Waals surface area contributed by atoms with Gasteiger partial charge in [0.1, 0.15) is 0 Å². The minimum absolute atomic E-state index is 0.361. The topological polar surface area (TPSA) is 29.3 Å². The molecule has 0 aliphatic carbocycles. The number of hydrogen-bond acceptors (Lipinski definition) is 3. The van der Waals surface area contributed by atoms with Gasteiger partial charge in [0.25, 0.3) is 0 Å². The number of nitrogens with two attached hydrogens (primary N) is 1. The van der Waals surface area contributed by atoms with Crippen molar-refractivity contribution >= 4 is 11.8 Å². The third-order valence-corrected chi connectivity index (χ3v) is 4.13. The van der Waals surface area contributed by atoms with Gasteiger partial charge in [-0.15, -0.1) is 0 Å². The molecule has 3 unspecified atom stereocenters. The second-order valence-corrected chi connectivity index (χ2v) is 6.38. The van der Waals surface area contributed by atoms with E-state index in [2.05, 4.69) is 39.0 Å². The Morgan fingerprint density at radius 2 is 1.88 bits per heavy atom. The van der Waals surface area contributed by atoms with Crippen molar-refractivity contribution in [2.75, 3.05) is 25.6 Å². The summed E-state index contributed by atoms with van der Waals surface area (Å²) in [6.45, 7) is 7.97. The van der Waals surface area contributed by atoms with Gasteiger partial charge in [-0.3, -0.25) is 0 Å². The van der Waals surface area contributed by atoms with E-state index in [1.165, 1.54) is 31.6 Å². The molecular formula is C14H32N2S. The van der Waals surface area contributed by atoms with Crippen LogP contribution in [0, 0.1) is 5.92 Å². The van der Waals surface area contributed by atoms with Gasteiger partial charge in [0, 0.05) is 24.4 Å². The molecule has 0 amide bonds. The fourth-order valence-electron chi connectivity index (χ4n) is 2.27. The quantitative estimate of drug-likeness (QED) is 0.654. The molecule has 0 aliphatic rings. The molecule has 0 aromatic heterocycles. The molecule has 0 aromatic carbocycles. The largest absolute Gasteiger partial charge is 0.328 e. The lowest BCUT2D eigenvalue weighted by Gasteiger charge is -2.29. The Bertz CT molecular complexity index is 174. The highest BCUT2D eigenvalue weighted by atomic mass is 32.2. The molecule has 104 valence electrons. The predicted octanol–water partition coefficient (Wildman–Crippen LogP) is 3.21. The Labute approximate surface area is 113 Å². The van der Waals surface area contributed by atoms with Crippen molar-refractivity contribution < 1.29 is 0 Å². The van der Waals surface area contributed by atoms with Crippen molar-refractivity contribution in [1.82, 2.24) is 4.90 Å². The number of nitrogens with zero attached hydrogens (tertiary/aromatic N) is 1. The SMILES string of the molecule is CCC(CSC)N(C)CC(C)CCCC(C)N. The molecule has 0 aliphatic heterocycles. The summed E-state index contributed by atoms with van der Waals surface area (Å²) in [6, 6.07) is 1.10. The zero-order valence-corrected chi connectivity index (χ0v) is 13.2. The molecule has 0 radical (unpaired) electrons. The average Bonchev–Trinajstić information content (AvgIpc) is 2.24. The van der Waals surface area contributed by atoms with Gasteiger partial charge in [-0.05, 0) is 45.4 Å². The van der Waals surface area contributed by atoms with E-state index in [0.29, 0.717) is 6.04 Å². The predicted molar refractivity (Wildman–Crippen MR) is 81.8 cm³/mol. The summed E-state index contributed by atoms with van der Waals surface area (Å²) in [7, 11) is 2.27. The lowest BCUT2D eigenvalue weighted by Crippen LogP contribution is -2.36. The van der Waals surface area contributed by atoms with Crippen LogP contribution in [0.4, 0.5) is 0 Å². The summed E-state index contributed by atoms with van der Waals surface area (Å²) < 4.78 is 0. The molecule has 3 atom stereocenters. The summed E-state index contributed by atoms with van der Waals surface area (Å²) in [4.78, 5) is 2.53. The summed E-state index contributed by atoms with van der Waals surface area (Å²) in [5, 5.41) is 0. The molecule has 0 heterocycles. The minimum atomic E-state index is 0.361. The zero-order valence-electron chi connectivity index (χ0n) is 12.4. The molecule has 2 nitrogen and oxygen atoms in total. The fourth-order valence-corrected chi connectivity index (χ4v) is 3.14. The van der Waals surface area contributed by atoms with Gasteiger partial charge in [0.2, 0.25) is 0 Å². The van der Waals surface area contributed by atoms with Gasteiger partial charge >= 0.3 is 0 Å².